The maximum Gasteiger partial charge on any atom is 0.0813 e. The zero-order valence-corrected chi connectivity index (χ0v) is 13.1. The lowest BCUT2D eigenvalue weighted by Crippen LogP contribution is -2.23. The minimum atomic E-state index is 0.561. The summed E-state index contributed by atoms with van der Waals surface area (Å²) < 4.78 is 1.26. The molecule has 0 saturated carbocycles. The Morgan fingerprint density at radius 1 is 1.11 bits per heavy atom. The predicted molar refractivity (Wildman–Crippen MR) is 85.9 cm³/mol. The van der Waals surface area contributed by atoms with Crippen LogP contribution in [0.5, 0.6) is 0 Å². The fourth-order valence-electron chi connectivity index (χ4n) is 2.53. The molecule has 3 heteroatoms. The molecule has 0 spiro atoms. The second-order valence-corrected chi connectivity index (χ2v) is 7.02. The number of fused-ring (bicyclic) bond motifs is 1. The van der Waals surface area contributed by atoms with E-state index in [1.807, 2.05) is 5.51 Å². The van der Waals surface area contributed by atoms with Gasteiger partial charge in [0.25, 0.3) is 0 Å². The van der Waals surface area contributed by atoms with E-state index < -0.39 is 0 Å². The fraction of sp³-hybridized carbons (Fsp3) is 0.562. The van der Waals surface area contributed by atoms with Crippen molar-refractivity contribution in [3.05, 3.63) is 23.7 Å². The first-order valence-electron chi connectivity index (χ1n) is 7.14. The van der Waals surface area contributed by atoms with Crippen molar-refractivity contribution in [2.45, 2.75) is 46.6 Å². The fourth-order valence-corrected chi connectivity index (χ4v) is 3.25. The van der Waals surface area contributed by atoms with Crippen LogP contribution in [0.2, 0.25) is 0 Å². The minimum Gasteiger partial charge on any atom is -0.382 e. The van der Waals surface area contributed by atoms with Crippen LogP contribution in [-0.2, 0) is 0 Å². The molecule has 104 valence electrons. The summed E-state index contributed by atoms with van der Waals surface area (Å²) in [6, 6.07) is 7.04. The number of nitrogens with one attached hydrogen (secondary N) is 1. The molecular formula is C16H24N2S. The quantitative estimate of drug-likeness (QED) is 0.787. The Morgan fingerprint density at radius 3 is 2.42 bits per heavy atom. The third-order valence-electron chi connectivity index (χ3n) is 3.21. The van der Waals surface area contributed by atoms with E-state index in [-0.39, 0.29) is 0 Å². The summed E-state index contributed by atoms with van der Waals surface area (Å²) in [5.74, 6) is 1.45. The average Bonchev–Trinajstić information content (AvgIpc) is 2.74. The zero-order valence-electron chi connectivity index (χ0n) is 12.3. The average molecular weight is 276 g/mol. The van der Waals surface area contributed by atoms with Gasteiger partial charge in [0.15, 0.2) is 0 Å². The van der Waals surface area contributed by atoms with E-state index in [1.165, 1.54) is 23.2 Å². The molecule has 2 rings (SSSR count). The number of rotatable bonds is 6. The second kappa shape index (κ2) is 6.38. The number of nitrogens with zero attached hydrogens (tertiary/aromatic N) is 1. The highest BCUT2D eigenvalue weighted by Crippen LogP contribution is 2.24. The highest BCUT2D eigenvalue weighted by Gasteiger charge is 2.13. The zero-order chi connectivity index (χ0) is 13.8. The third-order valence-corrected chi connectivity index (χ3v) is 4.01. The lowest BCUT2D eigenvalue weighted by molar-refractivity contribution is 0.442. The molecule has 0 aliphatic heterocycles. The van der Waals surface area contributed by atoms with Gasteiger partial charge in [-0.2, -0.15) is 0 Å². The van der Waals surface area contributed by atoms with E-state index in [0.717, 1.165) is 17.4 Å². The molecule has 0 saturated heterocycles. The van der Waals surface area contributed by atoms with Crippen molar-refractivity contribution in [1.29, 1.82) is 0 Å². The van der Waals surface area contributed by atoms with Crippen LogP contribution in [-0.4, -0.2) is 11.0 Å². The molecule has 0 radical (unpaired) electrons. The van der Waals surface area contributed by atoms with Crippen molar-refractivity contribution in [1.82, 2.24) is 4.98 Å². The van der Waals surface area contributed by atoms with Crippen LogP contribution in [0.25, 0.3) is 10.2 Å². The van der Waals surface area contributed by atoms with Crippen molar-refractivity contribution < 1.29 is 0 Å². The van der Waals surface area contributed by atoms with Crippen molar-refractivity contribution in [3.8, 4) is 0 Å². The van der Waals surface area contributed by atoms with Crippen molar-refractivity contribution >= 4 is 27.2 Å². The van der Waals surface area contributed by atoms with Gasteiger partial charge in [-0.15, -0.1) is 11.3 Å². The Hall–Kier alpha value is -1.09. The molecule has 1 aromatic heterocycles. The Kier molecular flexibility index (Phi) is 4.81. The Balaban J connectivity index is 2.10. The van der Waals surface area contributed by atoms with E-state index in [4.69, 9.17) is 0 Å². The number of anilines is 1. The molecule has 19 heavy (non-hydrogen) atoms. The normalized spacial score (nSPS) is 11.9. The third kappa shape index (κ3) is 4.20. The summed E-state index contributed by atoms with van der Waals surface area (Å²) in [4.78, 5) is 4.33. The summed E-state index contributed by atoms with van der Waals surface area (Å²) in [5, 5.41) is 3.70. The van der Waals surface area contributed by atoms with Gasteiger partial charge in [0.1, 0.15) is 0 Å². The first-order chi connectivity index (χ1) is 9.04. The van der Waals surface area contributed by atoms with Gasteiger partial charge in [-0.1, -0.05) is 27.7 Å². The molecule has 0 aliphatic rings. The number of aromatic nitrogens is 1. The van der Waals surface area contributed by atoms with E-state index in [0.29, 0.717) is 6.04 Å². The summed E-state index contributed by atoms with van der Waals surface area (Å²) in [5.41, 5.74) is 4.23. The first kappa shape index (κ1) is 14.3. The lowest BCUT2D eigenvalue weighted by atomic mass is 9.95. The number of benzene rings is 1. The van der Waals surface area contributed by atoms with Gasteiger partial charge < -0.3 is 5.32 Å². The van der Waals surface area contributed by atoms with E-state index in [9.17, 15) is 0 Å². The van der Waals surface area contributed by atoms with Gasteiger partial charge >= 0.3 is 0 Å². The summed E-state index contributed by atoms with van der Waals surface area (Å²) in [7, 11) is 0. The van der Waals surface area contributed by atoms with Gasteiger partial charge in [0, 0.05) is 11.7 Å². The topological polar surface area (TPSA) is 24.9 Å². The van der Waals surface area contributed by atoms with Crippen LogP contribution < -0.4 is 5.32 Å². The van der Waals surface area contributed by atoms with Gasteiger partial charge in [-0.05, 0) is 42.9 Å². The molecule has 0 bridgehead atoms. The van der Waals surface area contributed by atoms with Crippen LogP contribution in [0.15, 0.2) is 23.7 Å². The molecule has 0 aliphatic carbocycles. The van der Waals surface area contributed by atoms with Crippen LogP contribution in [0.1, 0.15) is 40.5 Å². The molecule has 2 aromatic rings. The molecule has 0 atom stereocenters. The number of hydrogen-bond donors (Lipinski definition) is 1. The summed E-state index contributed by atoms with van der Waals surface area (Å²) in [6.07, 6.45) is 2.44. The van der Waals surface area contributed by atoms with Crippen LogP contribution in [0.3, 0.4) is 0 Å². The molecule has 0 fully saturated rings. The van der Waals surface area contributed by atoms with Crippen molar-refractivity contribution in [2.24, 2.45) is 11.8 Å². The van der Waals surface area contributed by atoms with Crippen molar-refractivity contribution in [3.63, 3.8) is 0 Å². The molecule has 0 amide bonds. The monoisotopic (exact) mass is 276 g/mol. The maximum atomic E-state index is 4.33. The Morgan fingerprint density at radius 2 is 1.79 bits per heavy atom. The van der Waals surface area contributed by atoms with E-state index >= 15 is 0 Å². The largest absolute Gasteiger partial charge is 0.382 e. The Labute approximate surface area is 120 Å². The van der Waals surface area contributed by atoms with Gasteiger partial charge in [-0.3, -0.25) is 0 Å². The van der Waals surface area contributed by atoms with Gasteiger partial charge in [0.2, 0.25) is 0 Å². The highest BCUT2D eigenvalue weighted by atomic mass is 32.1. The Bertz CT molecular complexity index is 506. The minimum absolute atomic E-state index is 0.561. The highest BCUT2D eigenvalue weighted by molar-refractivity contribution is 7.16. The molecule has 1 heterocycles. The molecular weight excluding hydrogens is 252 g/mol. The summed E-state index contributed by atoms with van der Waals surface area (Å²) >= 11 is 1.71. The SMILES string of the molecule is CC(C)CC(CC(C)C)Nc1ccc2ncsc2c1. The number of hydrogen-bond acceptors (Lipinski definition) is 3. The van der Waals surface area contributed by atoms with Crippen LogP contribution in [0.4, 0.5) is 5.69 Å². The second-order valence-electron chi connectivity index (χ2n) is 6.14. The number of thiazole rings is 1. The summed E-state index contributed by atoms with van der Waals surface area (Å²) in [6.45, 7) is 9.17. The van der Waals surface area contributed by atoms with Crippen LogP contribution in [0, 0.1) is 11.8 Å². The van der Waals surface area contributed by atoms with Crippen molar-refractivity contribution in [2.75, 3.05) is 5.32 Å². The standard InChI is InChI=1S/C16H24N2S/c1-11(2)7-14(8-12(3)4)18-13-5-6-15-16(9-13)19-10-17-15/h5-6,9-12,14,18H,7-8H2,1-4H3. The molecule has 2 nitrogen and oxygen atoms in total. The molecule has 1 N–H and O–H groups in total. The molecule has 1 aromatic carbocycles. The van der Waals surface area contributed by atoms with E-state index in [2.05, 4.69) is 56.2 Å². The van der Waals surface area contributed by atoms with E-state index in [1.54, 1.807) is 11.3 Å². The van der Waals surface area contributed by atoms with Crippen LogP contribution >= 0.6 is 11.3 Å². The molecule has 0 unspecified atom stereocenters. The predicted octanol–water partition coefficient (Wildman–Crippen LogP) is 5.17. The van der Waals surface area contributed by atoms with Gasteiger partial charge in [0.05, 0.1) is 15.7 Å². The van der Waals surface area contributed by atoms with Gasteiger partial charge in [-0.25, -0.2) is 4.98 Å². The maximum absolute atomic E-state index is 4.33. The first-order valence-corrected chi connectivity index (χ1v) is 8.02. The lowest BCUT2D eigenvalue weighted by Gasteiger charge is -2.23. The smallest absolute Gasteiger partial charge is 0.0813 e.